The van der Waals surface area contributed by atoms with E-state index >= 15 is 0 Å². The van der Waals surface area contributed by atoms with Crippen LogP contribution in [0.4, 0.5) is 0 Å². The fraction of sp³-hybridized carbons (Fsp3) is 0.500. The summed E-state index contributed by atoms with van der Waals surface area (Å²) in [4.78, 5) is 0. The zero-order chi connectivity index (χ0) is 12.9. The van der Waals surface area contributed by atoms with Crippen molar-refractivity contribution in [3.05, 3.63) is 4.60 Å². The molecular formula is C8H11BrN4O2S2. The van der Waals surface area contributed by atoms with Gasteiger partial charge in [-0.15, -0.1) is 23.3 Å². The summed E-state index contributed by atoms with van der Waals surface area (Å²) in [5.74, 6) is 3.65. The lowest BCUT2D eigenvalue weighted by molar-refractivity contribution is 0.562. The average Bonchev–Trinajstić information content (AvgIpc) is 2.58. The van der Waals surface area contributed by atoms with Crippen LogP contribution >= 0.6 is 27.7 Å². The zero-order valence-electron chi connectivity index (χ0n) is 9.05. The molecule has 0 amide bonds. The van der Waals surface area contributed by atoms with E-state index in [9.17, 15) is 8.42 Å². The van der Waals surface area contributed by atoms with Gasteiger partial charge in [0, 0.05) is 19.3 Å². The first-order valence-corrected chi connectivity index (χ1v) is 7.98. The van der Waals surface area contributed by atoms with Gasteiger partial charge in [0.05, 0.1) is 5.75 Å². The van der Waals surface area contributed by atoms with Crippen molar-refractivity contribution in [1.29, 1.82) is 0 Å². The van der Waals surface area contributed by atoms with Gasteiger partial charge in [-0.25, -0.2) is 17.8 Å². The molecular weight excluding hydrogens is 328 g/mol. The van der Waals surface area contributed by atoms with E-state index in [2.05, 4.69) is 36.9 Å². The summed E-state index contributed by atoms with van der Waals surface area (Å²) < 4.78 is 27.6. The van der Waals surface area contributed by atoms with Gasteiger partial charge in [0.1, 0.15) is 0 Å². The standard InChI is InChI=1S/C8H11BrN4O2S2/c1-3-5-16-6-4-10-17(14,15)8-7(9)11-12-13(8)2/h1,10H,4-6H2,2H3. The molecule has 9 heteroatoms. The minimum Gasteiger partial charge on any atom is -0.235 e. The summed E-state index contributed by atoms with van der Waals surface area (Å²) in [6.07, 6.45) is 5.08. The van der Waals surface area contributed by atoms with E-state index in [4.69, 9.17) is 6.42 Å². The van der Waals surface area contributed by atoms with Gasteiger partial charge < -0.3 is 0 Å². The van der Waals surface area contributed by atoms with E-state index in [1.807, 2.05) is 0 Å². The molecule has 0 aliphatic carbocycles. The Morgan fingerprint density at radius 1 is 1.65 bits per heavy atom. The van der Waals surface area contributed by atoms with Crippen LogP contribution in [0.1, 0.15) is 0 Å². The van der Waals surface area contributed by atoms with E-state index in [0.29, 0.717) is 18.1 Å². The number of rotatable bonds is 6. The highest BCUT2D eigenvalue weighted by Crippen LogP contribution is 2.17. The molecule has 0 fully saturated rings. The van der Waals surface area contributed by atoms with E-state index in [0.717, 1.165) is 0 Å². The van der Waals surface area contributed by atoms with Gasteiger partial charge in [-0.2, -0.15) is 0 Å². The summed E-state index contributed by atoms with van der Waals surface area (Å²) in [7, 11) is -2.08. The molecule has 0 aliphatic rings. The summed E-state index contributed by atoms with van der Waals surface area (Å²) >= 11 is 4.53. The summed E-state index contributed by atoms with van der Waals surface area (Å²) in [5, 5.41) is 7.24. The number of halogens is 1. The first-order chi connectivity index (χ1) is 7.99. The Morgan fingerprint density at radius 3 is 2.88 bits per heavy atom. The lowest BCUT2D eigenvalue weighted by Gasteiger charge is -2.05. The molecule has 1 rings (SSSR count). The number of aromatic nitrogens is 3. The summed E-state index contributed by atoms with van der Waals surface area (Å²) in [6, 6.07) is 0. The minimum atomic E-state index is -3.59. The maximum absolute atomic E-state index is 11.9. The van der Waals surface area contributed by atoms with Gasteiger partial charge in [0.25, 0.3) is 10.0 Å². The Balaban J connectivity index is 2.62. The number of nitrogens with zero attached hydrogens (tertiary/aromatic N) is 3. The summed E-state index contributed by atoms with van der Waals surface area (Å²) in [5.41, 5.74) is 0. The fourth-order valence-electron chi connectivity index (χ4n) is 1.06. The van der Waals surface area contributed by atoms with Crippen LogP contribution in [0.15, 0.2) is 9.63 Å². The molecule has 1 N–H and O–H groups in total. The maximum atomic E-state index is 11.9. The highest BCUT2D eigenvalue weighted by Gasteiger charge is 2.22. The van der Waals surface area contributed by atoms with Crippen LogP contribution in [-0.4, -0.2) is 41.5 Å². The van der Waals surface area contributed by atoms with Crippen LogP contribution in [0.2, 0.25) is 0 Å². The topological polar surface area (TPSA) is 76.9 Å². The Kier molecular flexibility index (Phi) is 5.45. The predicted octanol–water partition coefficient (Wildman–Crippen LogP) is 0.222. The maximum Gasteiger partial charge on any atom is 0.260 e. The SMILES string of the molecule is C#CCSCCNS(=O)(=O)c1c(Br)nnn1C. The van der Waals surface area contributed by atoms with Crippen LogP contribution in [0.5, 0.6) is 0 Å². The van der Waals surface area contributed by atoms with Crippen molar-refractivity contribution >= 4 is 37.7 Å². The molecule has 0 bridgehead atoms. The van der Waals surface area contributed by atoms with Gasteiger partial charge in [0.15, 0.2) is 4.60 Å². The number of sulfonamides is 1. The van der Waals surface area contributed by atoms with Crippen molar-refractivity contribution in [1.82, 2.24) is 19.7 Å². The van der Waals surface area contributed by atoms with Crippen LogP contribution < -0.4 is 4.72 Å². The lowest BCUT2D eigenvalue weighted by Crippen LogP contribution is -2.28. The second-order valence-electron chi connectivity index (χ2n) is 2.96. The van der Waals surface area contributed by atoms with Crippen molar-refractivity contribution in [3.63, 3.8) is 0 Å². The van der Waals surface area contributed by atoms with E-state index in [1.165, 1.54) is 23.5 Å². The quantitative estimate of drug-likeness (QED) is 0.593. The normalized spacial score (nSPS) is 11.4. The van der Waals surface area contributed by atoms with Gasteiger partial charge in [-0.3, -0.25) is 0 Å². The van der Waals surface area contributed by atoms with Gasteiger partial charge >= 0.3 is 0 Å². The molecule has 1 aromatic rings. The second kappa shape index (κ2) is 6.39. The average molecular weight is 339 g/mol. The third-order valence-electron chi connectivity index (χ3n) is 1.72. The van der Waals surface area contributed by atoms with Crippen molar-refractivity contribution in [2.45, 2.75) is 5.03 Å². The Bertz CT molecular complexity index is 501. The molecule has 1 heterocycles. The smallest absolute Gasteiger partial charge is 0.235 e. The first kappa shape index (κ1) is 14.5. The highest BCUT2D eigenvalue weighted by atomic mass is 79.9. The van der Waals surface area contributed by atoms with Gasteiger partial charge in [-0.05, 0) is 15.9 Å². The van der Waals surface area contributed by atoms with Crippen LogP contribution in [0.3, 0.4) is 0 Å². The molecule has 0 radical (unpaired) electrons. The number of aryl methyl sites for hydroxylation is 1. The Morgan fingerprint density at radius 2 is 2.35 bits per heavy atom. The van der Waals surface area contributed by atoms with Gasteiger partial charge in [0.2, 0.25) is 5.03 Å². The molecule has 0 saturated carbocycles. The monoisotopic (exact) mass is 338 g/mol. The third kappa shape index (κ3) is 3.99. The molecule has 0 atom stereocenters. The summed E-state index contributed by atoms with van der Waals surface area (Å²) in [6.45, 7) is 0.312. The number of nitrogens with one attached hydrogen (secondary N) is 1. The third-order valence-corrected chi connectivity index (χ3v) is 4.93. The number of thioether (sulfide) groups is 1. The Hall–Kier alpha value is -0.560. The molecule has 0 aliphatic heterocycles. The fourth-order valence-corrected chi connectivity index (χ4v) is 3.81. The zero-order valence-corrected chi connectivity index (χ0v) is 12.3. The van der Waals surface area contributed by atoms with E-state index in [-0.39, 0.29) is 9.63 Å². The predicted molar refractivity (Wildman–Crippen MR) is 70.0 cm³/mol. The molecule has 94 valence electrons. The van der Waals surface area contributed by atoms with Crippen molar-refractivity contribution in [2.24, 2.45) is 7.05 Å². The van der Waals surface area contributed by atoms with Crippen molar-refractivity contribution in [2.75, 3.05) is 18.1 Å². The molecule has 1 aromatic heterocycles. The number of hydrogen-bond donors (Lipinski definition) is 1. The lowest BCUT2D eigenvalue weighted by atomic mass is 10.8. The van der Waals surface area contributed by atoms with E-state index < -0.39 is 10.0 Å². The first-order valence-electron chi connectivity index (χ1n) is 4.55. The van der Waals surface area contributed by atoms with Crippen LogP contribution in [0.25, 0.3) is 0 Å². The molecule has 0 saturated heterocycles. The Labute approximate surface area is 113 Å². The van der Waals surface area contributed by atoms with Crippen molar-refractivity contribution < 1.29 is 8.42 Å². The number of terminal acetylenes is 1. The molecule has 0 spiro atoms. The molecule has 0 unspecified atom stereocenters. The molecule has 6 nitrogen and oxygen atoms in total. The van der Waals surface area contributed by atoms with Gasteiger partial charge in [-0.1, -0.05) is 11.1 Å². The second-order valence-corrected chi connectivity index (χ2v) is 6.50. The highest BCUT2D eigenvalue weighted by molar-refractivity contribution is 9.10. The number of hydrogen-bond acceptors (Lipinski definition) is 5. The van der Waals surface area contributed by atoms with Crippen LogP contribution in [-0.2, 0) is 17.1 Å². The molecule has 0 aromatic carbocycles. The van der Waals surface area contributed by atoms with E-state index in [1.54, 1.807) is 0 Å². The van der Waals surface area contributed by atoms with Crippen LogP contribution in [0, 0.1) is 12.3 Å². The van der Waals surface area contributed by atoms with Crippen molar-refractivity contribution in [3.8, 4) is 12.3 Å². The minimum absolute atomic E-state index is 0.0134. The molecule has 17 heavy (non-hydrogen) atoms. The largest absolute Gasteiger partial charge is 0.260 e.